The molecule has 0 spiro atoms. The van der Waals surface area contributed by atoms with Gasteiger partial charge < -0.3 is 14.9 Å². The van der Waals surface area contributed by atoms with Gasteiger partial charge in [-0.1, -0.05) is 0 Å². The first-order valence-corrected chi connectivity index (χ1v) is 8.29. The van der Waals surface area contributed by atoms with Gasteiger partial charge in [0.15, 0.2) is 11.9 Å². The van der Waals surface area contributed by atoms with Crippen LogP contribution in [0.4, 0.5) is 0 Å². The average molecular weight is 577 g/mol. The van der Waals surface area contributed by atoms with E-state index in [0.717, 1.165) is 4.47 Å². The molecule has 1 rings (SSSR count). The number of aliphatic hydroxyl groups excluding tert-OH is 2. The third kappa shape index (κ3) is 3.56. The number of hydrogen-bond acceptors (Lipinski definition) is 4. The molecule has 0 saturated heterocycles. The lowest BCUT2D eigenvalue weighted by molar-refractivity contribution is -0.145. The Labute approximate surface area is 145 Å². The van der Waals surface area contributed by atoms with Crippen molar-refractivity contribution in [2.24, 2.45) is 0 Å². The van der Waals surface area contributed by atoms with Crippen molar-refractivity contribution in [1.29, 1.82) is 0 Å². The molecule has 4 nitrogen and oxygen atoms in total. The van der Waals surface area contributed by atoms with Crippen LogP contribution in [0.2, 0.25) is 0 Å². The zero-order chi connectivity index (χ0) is 14.0. The van der Waals surface area contributed by atoms with Crippen molar-refractivity contribution in [2.75, 3.05) is 6.61 Å². The molecule has 1 aromatic carbocycles. The van der Waals surface area contributed by atoms with E-state index < -0.39 is 18.7 Å². The lowest BCUT2D eigenvalue weighted by Gasteiger charge is -2.14. The van der Waals surface area contributed by atoms with Crippen molar-refractivity contribution >= 4 is 85.6 Å². The van der Waals surface area contributed by atoms with Gasteiger partial charge in [0.25, 0.3) is 0 Å². The first-order chi connectivity index (χ1) is 8.31. The van der Waals surface area contributed by atoms with Gasteiger partial charge in [-0.05, 0) is 79.6 Å². The summed E-state index contributed by atoms with van der Waals surface area (Å²) in [5, 5.41) is 17.8. The van der Waals surface area contributed by atoms with Crippen molar-refractivity contribution in [2.45, 2.75) is 6.10 Å². The van der Waals surface area contributed by atoms with E-state index in [9.17, 15) is 9.90 Å². The fourth-order valence-electron chi connectivity index (χ4n) is 0.918. The molecule has 1 aromatic rings. The minimum absolute atomic E-state index is 0.189. The fourth-order valence-corrected chi connectivity index (χ4v) is 4.09. The van der Waals surface area contributed by atoms with Crippen LogP contribution < -0.4 is 4.74 Å². The highest BCUT2D eigenvalue weighted by Gasteiger charge is 2.23. The largest absolute Gasteiger partial charge is 0.422 e. The summed E-state index contributed by atoms with van der Waals surface area (Å²) >= 11 is 16.5. The Morgan fingerprint density at radius 1 is 1.00 bits per heavy atom. The molecule has 100 valence electrons. The highest BCUT2D eigenvalue weighted by Crippen LogP contribution is 2.48. The average Bonchev–Trinajstić information content (AvgIpc) is 2.37. The molecule has 0 aliphatic rings. The summed E-state index contributed by atoms with van der Waals surface area (Å²) in [6.45, 7) is -0.701. The van der Waals surface area contributed by atoms with E-state index in [2.05, 4.69) is 79.6 Å². The molecule has 0 saturated carbocycles. The van der Waals surface area contributed by atoms with E-state index in [1.54, 1.807) is 0 Å². The quantitative estimate of drug-likeness (QED) is 0.249. The van der Waals surface area contributed by atoms with E-state index in [-0.39, 0.29) is 5.75 Å². The maximum absolute atomic E-state index is 11.4. The normalized spacial score (nSPS) is 12.4. The Balaban J connectivity index is 3.22. The first kappa shape index (κ1) is 17.1. The Kier molecular flexibility index (Phi) is 6.77. The van der Waals surface area contributed by atoms with Gasteiger partial charge in [0, 0.05) is 4.47 Å². The van der Waals surface area contributed by atoms with Crippen molar-refractivity contribution in [3.63, 3.8) is 0 Å². The van der Waals surface area contributed by atoms with E-state index >= 15 is 0 Å². The third-order valence-electron chi connectivity index (χ3n) is 1.82. The zero-order valence-electron chi connectivity index (χ0n) is 8.39. The Bertz CT molecular complexity index is 461. The molecule has 0 amide bonds. The molecular weight excluding hydrogens is 572 g/mol. The molecule has 2 N–H and O–H groups in total. The zero-order valence-corrected chi connectivity index (χ0v) is 16.3. The summed E-state index contributed by atoms with van der Waals surface area (Å²) in [7, 11) is 0. The SMILES string of the molecule is O=C(Oc1c(Br)c(Br)c(Br)c(Br)c1Br)C(O)CO. The van der Waals surface area contributed by atoms with Crippen LogP contribution >= 0.6 is 79.6 Å². The molecule has 9 heteroatoms. The molecule has 1 unspecified atom stereocenters. The topological polar surface area (TPSA) is 66.8 Å². The van der Waals surface area contributed by atoms with Crippen LogP contribution in [0, 0.1) is 0 Å². The lowest BCUT2D eigenvalue weighted by atomic mass is 10.3. The number of carbonyl (C=O) groups excluding carboxylic acids is 1. The standard InChI is InChI=1S/C9H5Br5O4/c10-3-4(11)6(13)8(7(14)5(3)12)18-9(17)2(16)1-15/h2,15-16H,1H2. The van der Waals surface area contributed by atoms with Crippen LogP contribution in [0.15, 0.2) is 22.4 Å². The number of benzene rings is 1. The molecular formula is C9H5Br5O4. The number of hydrogen-bond donors (Lipinski definition) is 2. The van der Waals surface area contributed by atoms with Gasteiger partial charge in [0.2, 0.25) is 0 Å². The van der Waals surface area contributed by atoms with Crippen molar-refractivity contribution in [3.05, 3.63) is 22.4 Å². The second-order valence-electron chi connectivity index (χ2n) is 3.02. The highest BCUT2D eigenvalue weighted by molar-refractivity contribution is 9.15. The fraction of sp³-hybridized carbons (Fsp3) is 0.222. The predicted octanol–water partition coefficient (Wildman–Crippen LogP) is 3.76. The molecule has 18 heavy (non-hydrogen) atoms. The van der Waals surface area contributed by atoms with Crippen LogP contribution in [0.1, 0.15) is 0 Å². The van der Waals surface area contributed by atoms with Crippen LogP contribution in [0.5, 0.6) is 5.75 Å². The second kappa shape index (κ2) is 7.14. The minimum Gasteiger partial charge on any atom is -0.422 e. The molecule has 0 bridgehead atoms. The van der Waals surface area contributed by atoms with Crippen LogP contribution in [0.3, 0.4) is 0 Å². The Morgan fingerprint density at radius 2 is 1.39 bits per heavy atom. The summed E-state index contributed by atoms with van der Waals surface area (Å²) in [6, 6.07) is 0. The van der Waals surface area contributed by atoms with Gasteiger partial charge in [-0.2, -0.15) is 0 Å². The van der Waals surface area contributed by atoms with E-state index in [0.29, 0.717) is 17.9 Å². The van der Waals surface area contributed by atoms with E-state index in [1.807, 2.05) is 0 Å². The maximum atomic E-state index is 11.4. The molecule has 0 aromatic heterocycles. The van der Waals surface area contributed by atoms with Crippen molar-refractivity contribution in [1.82, 2.24) is 0 Å². The van der Waals surface area contributed by atoms with Crippen LogP contribution in [-0.4, -0.2) is 28.9 Å². The molecule has 0 aliphatic heterocycles. The van der Waals surface area contributed by atoms with Gasteiger partial charge in [0.05, 0.1) is 24.5 Å². The first-order valence-electron chi connectivity index (χ1n) is 4.33. The summed E-state index contributed by atoms with van der Waals surface area (Å²) in [6.07, 6.45) is -1.58. The summed E-state index contributed by atoms with van der Waals surface area (Å²) in [5.74, 6) is -0.755. The Morgan fingerprint density at radius 3 is 1.78 bits per heavy atom. The number of halogens is 5. The second-order valence-corrected chi connectivity index (χ2v) is 6.98. The molecule has 0 aliphatic carbocycles. The molecule has 0 radical (unpaired) electrons. The highest BCUT2D eigenvalue weighted by atomic mass is 79.9. The van der Waals surface area contributed by atoms with Gasteiger partial charge in [0.1, 0.15) is 0 Å². The minimum atomic E-state index is -1.58. The number of carbonyl (C=O) groups is 1. The van der Waals surface area contributed by atoms with E-state index in [4.69, 9.17) is 9.84 Å². The van der Waals surface area contributed by atoms with Crippen molar-refractivity contribution < 1.29 is 19.7 Å². The third-order valence-corrected chi connectivity index (χ3v) is 7.84. The number of rotatable bonds is 3. The summed E-state index contributed by atoms with van der Waals surface area (Å²) < 4.78 is 8.00. The van der Waals surface area contributed by atoms with Gasteiger partial charge >= 0.3 is 5.97 Å². The predicted molar refractivity (Wildman–Crippen MR) is 83.7 cm³/mol. The van der Waals surface area contributed by atoms with Gasteiger partial charge in [-0.25, -0.2) is 4.79 Å². The van der Waals surface area contributed by atoms with E-state index in [1.165, 1.54) is 0 Å². The maximum Gasteiger partial charge on any atom is 0.342 e. The molecule has 0 heterocycles. The molecule has 1 atom stereocenters. The van der Waals surface area contributed by atoms with Gasteiger partial charge in [-0.15, -0.1) is 0 Å². The Hall–Kier alpha value is 1.01. The van der Waals surface area contributed by atoms with Crippen molar-refractivity contribution in [3.8, 4) is 5.75 Å². The number of ether oxygens (including phenoxy) is 1. The number of esters is 1. The van der Waals surface area contributed by atoms with Crippen LogP contribution in [0.25, 0.3) is 0 Å². The summed E-state index contributed by atoms with van der Waals surface area (Å²) in [5.41, 5.74) is 0. The smallest absolute Gasteiger partial charge is 0.342 e. The summed E-state index contributed by atoms with van der Waals surface area (Å²) in [4.78, 5) is 11.4. The van der Waals surface area contributed by atoms with Crippen LogP contribution in [-0.2, 0) is 4.79 Å². The molecule has 0 fully saturated rings. The monoisotopic (exact) mass is 572 g/mol. The number of aliphatic hydroxyl groups is 2. The van der Waals surface area contributed by atoms with Gasteiger partial charge in [-0.3, -0.25) is 0 Å². The lowest BCUT2D eigenvalue weighted by Crippen LogP contribution is -2.29.